The van der Waals surface area contributed by atoms with E-state index < -0.39 is 40.4 Å². The number of amides is 2. The number of halogens is 4. The molecule has 15 nitrogen and oxygen atoms in total. The van der Waals surface area contributed by atoms with Crippen molar-refractivity contribution in [3.8, 4) is 5.75 Å². The molecule has 0 saturated carbocycles. The van der Waals surface area contributed by atoms with Crippen molar-refractivity contribution in [3.05, 3.63) is 68.6 Å². The van der Waals surface area contributed by atoms with E-state index in [2.05, 4.69) is 25.4 Å². The standard InChI is InChI=1S/C31H30ClF3N10O5/c1-15-13-19(27(47)38-18-3-4-20(31(33,34)35)39-25(18)32)44-22(15)23(29(49)45-30(44)40-26(41-45)17-5-11-50-12-6-17)42-7-9-43(10-8-42)28(48)21-24(46)16(2)36-14-37-21/h3-5,14-15,19,46H,6-13H2,1-2H3,(H,38,47)/t15-,19-/m1/s1. The molecule has 1 fully saturated rings. The van der Waals surface area contributed by atoms with Gasteiger partial charge in [0.15, 0.2) is 22.4 Å². The minimum absolute atomic E-state index is 0.108. The van der Waals surface area contributed by atoms with E-state index in [1.54, 1.807) is 11.5 Å². The van der Waals surface area contributed by atoms with Gasteiger partial charge in [0.1, 0.15) is 23.8 Å². The van der Waals surface area contributed by atoms with Crippen LogP contribution in [0.15, 0.2) is 29.3 Å². The number of rotatable bonds is 5. The van der Waals surface area contributed by atoms with Crippen LogP contribution < -0.4 is 15.8 Å². The number of aromatic hydroxyl groups is 1. The van der Waals surface area contributed by atoms with Gasteiger partial charge in [-0.3, -0.25) is 19.0 Å². The van der Waals surface area contributed by atoms with Crippen LogP contribution in [0, 0.1) is 6.92 Å². The van der Waals surface area contributed by atoms with Gasteiger partial charge >= 0.3 is 6.18 Å². The summed E-state index contributed by atoms with van der Waals surface area (Å²) >= 11 is 6.06. The normalized spacial score (nSPS) is 19.4. The van der Waals surface area contributed by atoms with Crippen LogP contribution in [0.4, 0.5) is 24.5 Å². The van der Waals surface area contributed by atoms with Gasteiger partial charge in [-0.15, -0.1) is 5.10 Å². The van der Waals surface area contributed by atoms with Gasteiger partial charge < -0.3 is 25.0 Å². The van der Waals surface area contributed by atoms with Gasteiger partial charge in [0.2, 0.25) is 11.7 Å². The predicted molar refractivity (Wildman–Crippen MR) is 172 cm³/mol. The monoisotopic (exact) mass is 714 g/mol. The number of piperazine rings is 1. The predicted octanol–water partition coefficient (Wildman–Crippen LogP) is 3.22. The maximum atomic E-state index is 14.3. The molecule has 7 rings (SSSR count). The molecule has 0 unspecified atom stereocenters. The Morgan fingerprint density at radius 1 is 1.12 bits per heavy atom. The Morgan fingerprint density at radius 3 is 2.56 bits per heavy atom. The Balaban J connectivity index is 1.26. The second-order valence-corrected chi connectivity index (χ2v) is 12.6. The first-order valence-electron chi connectivity index (χ1n) is 15.7. The molecule has 4 aromatic heterocycles. The molecular weight excluding hydrogens is 685 g/mol. The van der Waals surface area contributed by atoms with Crippen molar-refractivity contribution in [2.45, 2.75) is 44.8 Å². The zero-order chi connectivity index (χ0) is 35.5. The summed E-state index contributed by atoms with van der Waals surface area (Å²) in [6.45, 7) is 5.11. The number of hydrogen-bond donors (Lipinski definition) is 2. The quantitative estimate of drug-likeness (QED) is 0.291. The molecule has 0 spiro atoms. The number of nitrogens with zero attached hydrogens (tertiary/aromatic N) is 9. The molecule has 19 heteroatoms. The summed E-state index contributed by atoms with van der Waals surface area (Å²) in [5.41, 5.74) is -0.00679. The van der Waals surface area contributed by atoms with Crippen LogP contribution >= 0.6 is 11.6 Å². The van der Waals surface area contributed by atoms with Crippen LogP contribution in [-0.2, 0) is 15.7 Å². The summed E-state index contributed by atoms with van der Waals surface area (Å²) < 4.78 is 47.8. The summed E-state index contributed by atoms with van der Waals surface area (Å²) in [7, 11) is 0. The molecule has 3 aliphatic rings. The van der Waals surface area contributed by atoms with E-state index in [9.17, 15) is 32.7 Å². The summed E-state index contributed by atoms with van der Waals surface area (Å²) in [6, 6.07) is 0.815. The second-order valence-electron chi connectivity index (χ2n) is 12.2. The van der Waals surface area contributed by atoms with Gasteiger partial charge in [-0.2, -0.15) is 22.7 Å². The fraction of sp³-hybridized carbons (Fsp3) is 0.419. The molecule has 0 bridgehead atoms. The molecule has 2 atom stereocenters. The number of hydrogen-bond acceptors (Lipinski definition) is 11. The van der Waals surface area contributed by atoms with Crippen molar-refractivity contribution < 1.29 is 32.6 Å². The highest BCUT2D eigenvalue weighted by Gasteiger charge is 2.41. The van der Waals surface area contributed by atoms with Gasteiger partial charge in [0.05, 0.1) is 30.3 Å². The highest BCUT2D eigenvalue weighted by molar-refractivity contribution is 6.32. The van der Waals surface area contributed by atoms with Crippen LogP contribution in [-0.4, -0.2) is 95.3 Å². The molecule has 2 amide bonds. The molecule has 0 radical (unpaired) electrons. The lowest BCUT2D eigenvalue weighted by Crippen LogP contribution is -2.51. The molecule has 262 valence electrons. The van der Waals surface area contributed by atoms with E-state index in [-0.39, 0.29) is 67.1 Å². The molecule has 50 heavy (non-hydrogen) atoms. The highest BCUT2D eigenvalue weighted by Crippen LogP contribution is 2.42. The number of aromatic nitrogens is 7. The summed E-state index contributed by atoms with van der Waals surface area (Å²) in [5, 5.41) is 17.0. The van der Waals surface area contributed by atoms with Crippen molar-refractivity contribution in [1.29, 1.82) is 0 Å². The van der Waals surface area contributed by atoms with E-state index in [1.807, 2.05) is 17.9 Å². The Morgan fingerprint density at radius 2 is 1.88 bits per heavy atom. The van der Waals surface area contributed by atoms with E-state index in [1.165, 1.54) is 11.2 Å². The minimum Gasteiger partial charge on any atom is -0.504 e. The fourth-order valence-electron chi connectivity index (χ4n) is 6.55. The van der Waals surface area contributed by atoms with Crippen molar-refractivity contribution >= 4 is 46.1 Å². The van der Waals surface area contributed by atoms with Gasteiger partial charge in [-0.25, -0.2) is 15.0 Å². The highest BCUT2D eigenvalue weighted by atomic mass is 35.5. The molecule has 0 aromatic carbocycles. The summed E-state index contributed by atoms with van der Waals surface area (Å²) in [5.74, 6) is -1.28. The van der Waals surface area contributed by atoms with Crippen molar-refractivity contribution in [2.24, 2.45) is 0 Å². The third-order valence-electron chi connectivity index (χ3n) is 9.10. The second kappa shape index (κ2) is 12.7. The first kappa shape index (κ1) is 33.4. The molecule has 1 saturated heterocycles. The molecular formula is C31H30ClF3N10O5. The zero-order valence-electron chi connectivity index (χ0n) is 26.7. The van der Waals surface area contributed by atoms with Crippen LogP contribution in [0.25, 0.3) is 11.4 Å². The lowest BCUT2D eigenvalue weighted by Gasteiger charge is -2.36. The van der Waals surface area contributed by atoms with Crippen LogP contribution in [0.2, 0.25) is 5.15 Å². The summed E-state index contributed by atoms with van der Waals surface area (Å²) in [4.78, 5) is 60.8. The third kappa shape index (κ3) is 5.81. The Hall–Kier alpha value is -5.10. The van der Waals surface area contributed by atoms with Crippen molar-refractivity contribution in [2.75, 3.05) is 49.6 Å². The Bertz CT molecular complexity index is 2130. The van der Waals surface area contributed by atoms with Crippen molar-refractivity contribution in [3.63, 3.8) is 0 Å². The number of fused-ring (bicyclic) bond motifs is 3. The number of aryl methyl sites for hydroxylation is 1. The minimum atomic E-state index is -4.72. The number of nitrogens with one attached hydrogen (secondary N) is 1. The molecule has 3 aliphatic heterocycles. The van der Waals surface area contributed by atoms with E-state index >= 15 is 0 Å². The maximum Gasteiger partial charge on any atom is 0.433 e. The zero-order valence-corrected chi connectivity index (χ0v) is 27.5. The van der Waals surface area contributed by atoms with Crippen LogP contribution in [0.5, 0.6) is 5.75 Å². The lowest BCUT2D eigenvalue weighted by atomic mass is 10.0. The average molecular weight is 715 g/mol. The topological polar surface area (TPSA) is 173 Å². The van der Waals surface area contributed by atoms with Crippen LogP contribution in [0.1, 0.15) is 65.1 Å². The number of ether oxygens (including phenoxy) is 1. The number of pyridine rings is 1. The van der Waals surface area contributed by atoms with E-state index in [0.29, 0.717) is 36.8 Å². The largest absolute Gasteiger partial charge is 0.504 e. The smallest absolute Gasteiger partial charge is 0.433 e. The first-order chi connectivity index (χ1) is 23.8. The van der Waals surface area contributed by atoms with Crippen molar-refractivity contribution in [1.82, 2.24) is 39.0 Å². The van der Waals surface area contributed by atoms with Gasteiger partial charge in [0.25, 0.3) is 11.5 Å². The van der Waals surface area contributed by atoms with Gasteiger partial charge in [-0.05, 0) is 37.5 Å². The lowest BCUT2D eigenvalue weighted by molar-refractivity contribution is -0.141. The van der Waals surface area contributed by atoms with Gasteiger partial charge in [-0.1, -0.05) is 24.6 Å². The first-order valence-corrected chi connectivity index (χ1v) is 16.1. The average Bonchev–Trinajstić information content (AvgIpc) is 3.69. The number of anilines is 2. The Kier molecular flexibility index (Phi) is 8.45. The fourth-order valence-corrected chi connectivity index (χ4v) is 6.75. The number of alkyl halides is 3. The third-order valence-corrected chi connectivity index (χ3v) is 9.39. The molecule has 2 N–H and O–H groups in total. The SMILES string of the molecule is Cc1ncnc(C(=O)N2CCN(c3c4n(c5nc(C6=CCOCC6)nn5c3=O)[C@@H](C(=O)Nc3ccc(C(F)(F)F)nc3Cl)C[C@H]4C)CC2)c1O. The van der Waals surface area contributed by atoms with Crippen LogP contribution in [0.3, 0.4) is 0 Å². The van der Waals surface area contributed by atoms with E-state index in [0.717, 1.165) is 22.2 Å². The summed E-state index contributed by atoms with van der Waals surface area (Å²) in [6.07, 6.45) is -0.944. The maximum absolute atomic E-state index is 14.3. The Labute approximate surface area is 286 Å². The molecule has 7 heterocycles. The molecule has 4 aromatic rings. The van der Waals surface area contributed by atoms with Gasteiger partial charge in [0, 0.05) is 32.1 Å². The number of carbonyl (C=O) groups excluding carboxylic acids is 2. The number of carbonyl (C=O) groups is 2. The molecule has 0 aliphatic carbocycles. The van der Waals surface area contributed by atoms with E-state index in [4.69, 9.17) is 21.3 Å².